The van der Waals surface area contributed by atoms with Gasteiger partial charge in [-0.15, -0.1) is 0 Å². The van der Waals surface area contributed by atoms with Crippen LogP contribution in [0.1, 0.15) is 10.4 Å². The lowest BCUT2D eigenvalue weighted by Gasteiger charge is -2.01. The number of aromatic nitrogens is 1. The van der Waals surface area contributed by atoms with Gasteiger partial charge in [0.25, 0.3) is 5.91 Å². The van der Waals surface area contributed by atoms with Crippen LogP contribution in [-0.4, -0.2) is 38.2 Å². The van der Waals surface area contributed by atoms with Crippen LogP contribution in [0.5, 0.6) is 0 Å². The number of halogens is 1. The van der Waals surface area contributed by atoms with Crippen LogP contribution in [0.25, 0.3) is 0 Å². The van der Waals surface area contributed by atoms with Crippen molar-refractivity contribution >= 4 is 50.0 Å². The number of rotatable bonds is 3. The minimum absolute atomic E-state index is 0.119. The number of carbonyl (C=O) groups excluding carboxylic acids is 1. The van der Waals surface area contributed by atoms with E-state index in [2.05, 4.69) is 9.35 Å². The molecule has 0 aromatic carbocycles. The van der Waals surface area contributed by atoms with E-state index in [-0.39, 0.29) is 11.4 Å². The Labute approximate surface area is 117 Å². The quantitative estimate of drug-likeness (QED) is 0.737. The van der Waals surface area contributed by atoms with E-state index >= 15 is 0 Å². The average molecular weight is 383 g/mol. The largest absolute Gasteiger partial charge is 0.481 e. The van der Waals surface area contributed by atoms with Crippen LogP contribution in [0, 0.1) is 3.57 Å². The van der Waals surface area contributed by atoms with Crippen molar-refractivity contribution in [3.05, 3.63) is 21.4 Å². The molecule has 7 nitrogen and oxygen atoms in total. The SMILES string of the molecule is CS(=O)(CC(=O)O)=NC(=O)c1cnc(N)c(I)c1. The summed E-state index contributed by atoms with van der Waals surface area (Å²) in [6.45, 7) is 0. The first-order chi connectivity index (χ1) is 8.21. The zero-order chi connectivity index (χ0) is 13.9. The molecule has 0 aliphatic heterocycles. The van der Waals surface area contributed by atoms with E-state index in [9.17, 15) is 13.8 Å². The van der Waals surface area contributed by atoms with E-state index in [4.69, 9.17) is 10.8 Å². The molecule has 0 fully saturated rings. The fourth-order valence-electron chi connectivity index (χ4n) is 1.05. The molecule has 1 heterocycles. The Kier molecular flexibility index (Phi) is 4.62. The highest BCUT2D eigenvalue weighted by molar-refractivity contribution is 14.1. The lowest BCUT2D eigenvalue weighted by Crippen LogP contribution is -2.15. The second-order valence-electron chi connectivity index (χ2n) is 3.48. The second-order valence-corrected chi connectivity index (χ2v) is 7.04. The normalized spacial score (nSPS) is 13.7. The third kappa shape index (κ3) is 4.22. The molecule has 1 rings (SSSR count). The zero-order valence-electron chi connectivity index (χ0n) is 9.29. The highest BCUT2D eigenvalue weighted by Gasteiger charge is 2.13. The number of nitrogens with two attached hydrogens (primary N) is 1. The van der Waals surface area contributed by atoms with Gasteiger partial charge in [-0.05, 0) is 28.7 Å². The molecule has 9 heteroatoms. The van der Waals surface area contributed by atoms with E-state index in [1.807, 2.05) is 22.6 Å². The molecular formula is C9H10IN3O4S. The molecule has 0 spiro atoms. The van der Waals surface area contributed by atoms with Gasteiger partial charge in [0, 0.05) is 12.5 Å². The number of pyridine rings is 1. The predicted molar refractivity (Wildman–Crippen MR) is 74.7 cm³/mol. The number of carboxylic acids is 1. The van der Waals surface area contributed by atoms with Gasteiger partial charge in [0.05, 0.1) is 18.9 Å². The Morgan fingerprint density at radius 2 is 2.22 bits per heavy atom. The van der Waals surface area contributed by atoms with Gasteiger partial charge in [-0.25, -0.2) is 9.19 Å². The van der Waals surface area contributed by atoms with Crippen molar-refractivity contribution in [2.45, 2.75) is 0 Å². The first-order valence-electron chi connectivity index (χ1n) is 4.58. The molecule has 1 aromatic rings. The summed E-state index contributed by atoms with van der Waals surface area (Å²) in [6, 6.07) is 1.45. The van der Waals surface area contributed by atoms with Crippen molar-refractivity contribution in [3.63, 3.8) is 0 Å². The molecule has 0 aliphatic rings. The molecular weight excluding hydrogens is 373 g/mol. The number of amides is 1. The number of hydrogen-bond donors (Lipinski definition) is 2. The van der Waals surface area contributed by atoms with Gasteiger partial charge >= 0.3 is 5.97 Å². The summed E-state index contributed by atoms with van der Waals surface area (Å²) in [6.07, 6.45) is 2.33. The lowest BCUT2D eigenvalue weighted by atomic mass is 10.3. The molecule has 0 bridgehead atoms. The Morgan fingerprint density at radius 3 is 2.72 bits per heavy atom. The summed E-state index contributed by atoms with van der Waals surface area (Å²) < 4.78 is 15.7. The molecule has 3 N–H and O–H groups in total. The molecule has 0 aliphatic carbocycles. The van der Waals surface area contributed by atoms with Crippen LogP contribution in [0.3, 0.4) is 0 Å². The smallest absolute Gasteiger partial charge is 0.317 e. The summed E-state index contributed by atoms with van der Waals surface area (Å²) in [5.41, 5.74) is 5.61. The minimum atomic E-state index is -3.09. The van der Waals surface area contributed by atoms with Gasteiger partial charge in [-0.3, -0.25) is 9.59 Å². The third-order valence-electron chi connectivity index (χ3n) is 1.78. The Balaban J connectivity index is 3.08. The predicted octanol–water partition coefficient (Wildman–Crippen LogP) is 0.591. The fraction of sp³-hybridized carbons (Fsp3) is 0.222. The van der Waals surface area contributed by atoms with Crippen LogP contribution < -0.4 is 5.73 Å². The van der Waals surface area contributed by atoms with E-state index < -0.39 is 27.4 Å². The highest BCUT2D eigenvalue weighted by Crippen LogP contribution is 2.14. The third-order valence-corrected chi connectivity index (χ3v) is 3.98. The van der Waals surface area contributed by atoms with E-state index in [1.165, 1.54) is 12.3 Å². The minimum Gasteiger partial charge on any atom is -0.481 e. The number of anilines is 1. The van der Waals surface area contributed by atoms with Gasteiger partial charge in [0.2, 0.25) is 0 Å². The first-order valence-corrected chi connectivity index (χ1v) is 7.75. The van der Waals surface area contributed by atoms with Gasteiger partial charge in [-0.2, -0.15) is 4.36 Å². The highest BCUT2D eigenvalue weighted by atomic mass is 127. The molecule has 0 saturated heterocycles. The van der Waals surface area contributed by atoms with Crippen molar-refractivity contribution in [3.8, 4) is 0 Å². The van der Waals surface area contributed by atoms with Crippen molar-refractivity contribution in [1.29, 1.82) is 0 Å². The number of hydrogen-bond acceptors (Lipinski definition) is 5. The number of aliphatic carboxylic acids is 1. The van der Waals surface area contributed by atoms with Gasteiger partial charge in [0.1, 0.15) is 11.6 Å². The number of nitrogen functional groups attached to an aromatic ring is 1. The maximum atomic E-state index is 11.7. The number of nitrogens with zero attached hydrogens (tertiary/aromatic N) is 2. The molecule has 18 heavy (non-hydrogen) atoms. The second kappa shape index (κ2) is 5.61. The Morgan fingerprint density at radius 1 is 1.61 bits per heavy atom. The standard InChI is InChI=1S/C9H10IN3O4S/c1-18(17,4-7(14)15)13-9(16)5-2-6(10)8(11)12-3-5/h2-3H,4H2,1H3,(H2,11,12)(H,14,15). The molecule has 1 unspecified atom stereocenters. The maximum absolute atomic E-state index is 11.7. The van der Waals surface area contributed by atoms with Gasteiger partial charge < -0.3 is 10.8 Å². The fourth-order valence-corrected chi connectivity index (χ4v) is 2.51. The topological polar surface area (TPSA) is 123 Å². The summed E-state index contributed by atoms with van der Waals surface area (Å²) in [4.78, 5) is 25.9. The molecule has 1 amide bonds. The van der Waals surface area contributed by atoms with Crippen molar-refractivity contribution in [2.24, 2.45) is 4.36 Å². The first kappa shape index (κ1) is 14.8. The van der Waals surface area contributed by atoms with E-state index in [0.29, 0.717) is 3.57 Å². The zero-order valence-corrected chi connectivity index (χ0v) is 12.3. The summed E-state index contributed by atoms with van der Waals surface area (Å²) in [5, 5.41) is 8.53. The van der Waals surface area contributed by atoms with E-state index in [1.54, 1.807) is 0 Å². The molecule has 0 radical (unpaired) electrons. The Hall–Kier alpha value is -1.23. The summed E-state index contributed by atoms with van der Waals surface area (Å²) >= 11 is 1.89. The van der Waals surface area contributed by atoms with Gasteiger partial charge in [0.15, 0.2) is 0 Å². The lowest BCUT2D eigenvalue weighted by molar-refractivity contribution is -0.133. The number of carbonyl (C=O) groups is 2. The average Bonchev–Trinajstić information content (AvgIpc) is 2.19. The Bertz CT molecular complexity index is 622. The van der Waals surface area contributed by atoms with E-state index in [0.717, 1.165) is 6.26 Å². The van der Waals surface area contributed by atoms with Crippen LogP contribution in [-0.2, 0) is 14.5 Å². The van der Waals surface area contributed by atoms with Crippen LogP contribution in [0.4, 0.5) is 5.82 Å². The molecule has 1 atom stereocenters. The van der Waals surface area contributed by atoms with Crippen molar-refractivity contribution in [1.82, 2.24) is 4.98 Å². The molecule has 98 valence electrons. The van der Waals surface area contributed by atoms with Gasteiger partial charge in [-0.1, -0.05) is 0 Å². The van der Waals surface area contributed by atoms with Crippen LogP contribution in [0.2, 0.25) is 0 Å². The van der Waals surface area contributed by atoms with Crippen LogP contribution in [0.15, 0.2) is 16.6 Å². The number of carboxylic acid groups (broad SMARTS) is 1. The maximum Gasteiger partial charge on any atom is 0.317 e. The van der Waals surface area contributed by atoms with Crippen molar-refractivity contribution in [2.75, 3.05) is 17.7 Å². The van der Waals surface area contributed by atoms with Crippen LogP contribution >= 0.6 is 22.6 Å². The van der Waals surface area contributed by atoms with Crippen molar-refractivity contribution < 1.29 is 18.9 Å². The summed E-state index contributed by atoms with van der Waals surface area (Å²) in [5.74, 6) is -2.45. The monoisotopic (exact) mass is 383 g/mol. The summed E-state index contributed by atoms with van der Waals surface area (Å²) in [7, 11) is -3.09. The molecule has 1 aromatic heterocycles. The molecule has 0 saturated carbocycles.